The van der Waals surface area contributed by atoms with Gasteiger partial charge in [-0.15, -0.1) is 0 Å². The Morgan fingerprint density at radius 3 is 2.14 bits per heavy atom. The van der Waals surface area contributed by atoms with E-state index in [0.717, 1.165) is 11.3 Å². The van der Waals surface area contributed by atoms with Gasteiger partial charge in [0.25, 0.3) is 0 Å². The molecule has 0 aliphatic heterocycles. The summed E-state index contributed by atoms with van der Waals surface area (Å²) in [6, 6.07) is 6.22. The van der Waals surface area contributed by atoms with Gasteiger partial charge < -0.3 is 13.6 Å². The average Bonchev–Trinajstić information content (AvgIpc) is 2.76. The van der Waals surface area contributed by atoms with Crippen LogP contribution in [0.5, 0.6) is 5.75 Å². The van der Waals surface area contributed by atoms with E-state index in [0.29, 0.717) is 0 Å². The first-order valence-corrected chi connectivity index (χ1v) is 9.17. The van der Waals surface area contributed by atoms with Crippen LogP contribution in [0.3, 0.4) is 0 Å². The zero-order chi connectivity index (χ0) is 15.8. The van der Waals surface area contributed by atoms with Gasteiger partial charge in [-0.3, -0.25) is 0 Å². The molecular formula is C17H26O3Si. The van der Waals surface area contributed by atoms with Crippen LogP contribution in [-0.4, -0.2) is 29.9 Å². The van der Waals surface area contributed by atoms with E-state index in [-0.39, 0.29) is 10.6 Å². The standard InChI is InChI=1S/C17H26O3Si/c1-12-11-14-13(9-8-10-15(14)18-5)16(12)21(19-6,20-7)17(2,3)4/h8-11,16H,1-7H3. The van der Waals surface area contributed by atoms with Crippen molar-refractivity contribution in [3.63, 3.8) is 0 Å². The summed E-state index contributed by atoms with van der Waals surface area (Å²) >= 11 is 0. The molecule has 116 valence electrons. The van der Waals surface area contributed by atoms with Crippen molar-refractivity contribution in [1.82, 2.24) is 0 Å². The molecule has 1 atom stereocenters. The Kier molecular flexibility index (Phi) is 4.33. The molecule has 0 heterocycles. The summed E-state index contributed by atoms with van der Waals surface area (Å²) in [5, 5.41) is -0.0407. The van der Waals surface area contributed by atoms with Gasteiger partial charge in [-0.1, -0.05) is 44.6 Å². The zero-order valence-electron chi connectivity index (χ0n) is 14.1. The van der Waals surface area contributed by atoms with Crippen LogP contribution in [0, 0.1) is 0 Å². The second kappa shape index (κ2) is 5.59. The molecule has 0 fully saturated rings. The van der Waals surface area contributed by atoms with E-state index in [9.17, 15) is 0 Å². The van der Waals surface area contributed by atoms with Crippen molar-refractivity contribution in [3.05, 3.63) is 34.9 Å². The van der Waals surface area contributed by atoms with Crippen LogP contribution in [0.2, 0.25) is 5.04 Å². The summed E-state index contributed by atoms with van der Waals surface area (Å²) < 4.78 is 17.7. The molecule has 1 aliphatic rings. The third kappa shape index (κ3) is 2.35. The summed E-state index contributed by atoms with van der Waals surface area (Å²) in [4.78, 5) is 0. The molecule has 0 saturated carbocycles. The molecule has 0 aromatic heterocycles. The number of hydrogen-bond donors (Lipinski definition) is 0. The Morgan fingerprint density at radius 2 is 1.67 bits per heavy atom. The van der Waals surface area contributed by atoms with E-state index in [2.05, 4.69) is 39.8 Å². The van der Waals surface area contributed by atoms with Crippen molar-refractivity contribution in [2.75, 3.05) is 21.3 Å². The largest absolute Gasteiger partial charge is 0.496 e. The molecule has 0 bridgehead atoms. The van der Waals surface area contributed by atoms with Gasteiger partial charge in [0.1, 0.15) is 5.75 Å². The maximum absolute atomic E-state index is 6.07. The van der Waals surface area contributed by atoms with Crippen LogP contribution in [0.25, 0.3) is 6.08 Å². The molecule has 2 rings (SSSR count). The molecule has 1 unspecified atom stereocenters. The smallest absolute Gasteiger partial charge is 0.355 e. The first-order chi connectivity index (χ1) is 9.82. The highest BCUT2D eigenvalue weighted by Crippen LogP contribution is 2.53. The fraction of sp³-hybridized carbons (Fsp3) is 0.529. The van der Waals surface area contributed by atoms with Crippen LogP contribution in [-0.2, 0) is 8.85 Å². The van der Waals surface area contributed by atoms with E-state index in [1.165, 1.54) is 11.1 Å². The topological polar surface area (TPSA) is 27.7 Å². The molecule has 1 aromatic carbocycles. The molecular weight excluding hydrogens is 280 g/mol. The molecule has 4 heteroatoms. The minimum Gasteiger partial charge on any atom is -0.496 e. The van der Waals surface area contributed by atoms with Crippen molar-refractivity contribution in [1.29, 1.82) is 0 Å². The minimum atomic E-state index is -2.49. The van der Waals surface area contributed by atoms with Crippen LogP contribution in [0.1, 0.15) is 44.4 Å². The zero-order valence-corrected chi connectivity index (χ0v) is 15.1. The Labute approximate surface area is 129 Å². The van der Waals surface area contributed by atoms with Gasteiger partial charge in [-0.25, -0.2) is 0 Å². The Morgan fingerprint density at radius 1 is 1.05 bits per heavy atom. The lowest BCUT2D eigenvalue weighted by Gasteiger charge is -2.43. The van der Waals surface area contributed by atoms with E-state index in [1.807, 2.05) is 12.1 Å². The van der Waals surface area contributed by atoms with E-state index >= 15 is 0 Å². The highest BCUT2D eigenvalue weighted by atomic mass is 28.4. The summed E-state index contributed by atoms with van der Waals surface area (Å²) in [6.07, 6.45) is 2.21. The molecule has 21 heavy (non-hydrogen) atoms. The van der Waals surface area contributed by atoms with Gasteiger partial charge in [-0.05, 0) is 18.6 Å². The van der Waals surface area contributed by atoms with Crippen molar-refractivity contribution in [2.24, 2.45) is 0 Å². The molecule has 0 saturated heterocycles. The van der Waals surface area contributed by atoms with Crippen LogP contribution in [0.15, 0.2) is 23.8 Å². The molecule has 0 spiro atoms. The van der Waals surface area contributed by atoms with Crippen molar-refractivity contribution < 1.29 is 13.6 Å². The van der Waals surface area contributed by atoms with Gasteiger partial charge in [0.2, 0.25) is 0 Å². The van der Waals surface area contributed by atoms with Gasteiger partial charge >= 0.3 is 8.56 Å². The molecule has 1 aliphatic carbocycles. The fourth-order valence-electron chi connectivity index (χ4n) is 3.57. The molecule has 0 radical (unpaired) electrons. The predicted molar refractivity (Wildman–Crippen MR) is 88.9 cm³/mol. The lowest BCUT2D eigenvalue weighted by molar-refractivity contribution is 0.206. The van der Waals surface area contributed by atoms with E-state index < -0.39 is 8.56 Å². The SMILES string of the molecule is COc1cccc2c1C=C(C)C2[Si](OC)(OC)C(C)(C)C. The first kappa shape index (κ1) is 16.3. The van der Waals surface area contributed by atoms with Crippen LogP contribution < -0.4 is 4.74 Å². The van der Waals surface area contributed by atoms with Gasteiger partial charge in [0, 0.05) is 30.4 Å². The second-order valence-electron chi connectivity index (χ2n) is 6.61. The fourth-order valence-corrected chi connectivity index (χ4v) is 7.64. The van der Waals surface area contributed by atoms with E-state index in [1.54, 1.807) is 21.3 Å². The molecule has 1 aromatic rings. The molecule has 3 nitrogen and oxygen atoms in total. The van der Waals surface area contributed by atoms with Gasteiger partial charge in [0.15, 0.2) is 0 Å². The highest BCUT2D eigenvalue weighted by molar-refractivity contribution is 6.73. The first-order valence-electron chi connectivity index (χ1n) is 7.27. The Bertz CT molecular complexity index is 554. The normalized spacial score (nSPS) is 18.4. The van der Waals surface area contributed by atoms with Gasteiger partial charge in [-0.2, -0.15) is 0 Å². The van der Waals surface area contributed by atoms with E-state index in [4.69, 9.17) is 13.6 Å². The number of hydrogen-bond acceptors (Lipinski definition) is 3. The van der Waals surface area contributed by atoms with Gasteiger partial charge in [0.05, 0.1) is 7.11 Å². The summed E-state index contributed by atoms with van der Waals surface area (Å²) in [6.45, 7) is 8.78. The van der Waals surface area contributed by atoms with Crippen LogP contribution in [0.4, 0.5) is 0 Å². The summed E-state index contributed by atoms with van der Waals surface area (Å²) in [7, 11) is 2.80. The average molecular weight is 306 g/mol. The number of methoxy groups -OCH3 is 1. The quantitative estimate of drug-likeness (QED) is 0.778. The maximum atomic E-state index is 6.07. The number of benzene rings is 1. The van der Waals surface area contributed by atoms with Crippen molar-refractivity contribution in [3.8, 4) is 5.75 Å². The number of fused-ring (bicyclic) bond motifs is 1. The monoisotopic (exact) mass is 306 g/mol. The number of rotatable bonds is 4. The summed E-state index contributed by atoms with van der Waals surface area (Å²) in [5.41, 5.74) is 3.91. The maximum Gasteiger partial charge on any atom is 0.355 e. The number of allylic oxidation sites excluding steroid dienone is 1. The number of ether oxygens (including phenoxy) is 1. The second-order valence-corrected chi connectivity index (χ2v) is 10.8. The highest BCUT2D eigenvalue weighted by Gasteiger charge is 2.57. The third-order valence-electron chi connectivity index (χ3n) is 4.49. The predicted octanol–water partition coefficient (Wildman–Crippen LogP) is 4.27. The lowest BCUT2D eigenvalue weighted by Crippen LogP contribution is -2.54. The van der Waals surface area contributed by atoms with Crippen LogP contribution >= 0.6 is 0 Å². The third-order valence-corrected chi connectivity index (χ3v) is 9.32. The molecule has 0 amide bonds. The molecule has 0 N–H and O–H groups in total. The van der Waals surface area contributed by atoms with Crippen molar-refractivity contribution >= 4 is 14.6 Å². The minimum absolute atomic E-state index is 0.0407. The lowest BCUT2D eigenvalue weighted by atomic mass is 10.1. The summed E-state index contributed by atoms with van der Waals surface area (Å²) in [5.74, 6) is 0.915. The Balaban J connectivity index is 2.64. The van der Waals surface area contributed by atoms with Crippen molar-refractivity contribution in [2.45, 2.75) is 38.3 Å². The Hall–Kier alpha value is -1.10.